The number of aliphatic carboxylic acids is 1. The van der Waals surface area contributed by atoms with Gasteiger partial charge < -0.3 is 10.0 Å². The van der Waals surface area contributed by atoms with E-state index in [4.69, 9.17) is 5.11 Å². The van der Waals surface area contributed by atoms with Gasteiger partial charge in [-0.3, -0.25) is 19.4 Å². The van der Waals surface area contributed by atoms with E-state index in [2.05, 4.69) is 10.1 Å². The Morgan fingerprint density at radius 3 is 2.58 bits per heavy atom. The van der Waals surface area contributed by atoms with E-state index in [9.17, 15) is 14.4 Å². The number of carbonyl (C=O) groups excluding carboxylic acids is 1. The molecule has 2 aromatic heterocycles. The predicted octanol–water partition coefficient (Wildman–Crippen LogP) is 0.743. The molecule has 1 unspecified atom stereocenters. The van der Waals surface area contributed by atoms with E-state index in [1.165, 1.54) is 18.9 Å². The van der Waals surface area contributed by atoms with Crippen LogP contribution in [0.15, 0.2) is 4.79 Å². The standard InChI is InChI=1S/C16H22N4O4/c1-8-11(6-7-12(21)19(4)10(3)16(23)24)9(2)17-14-13(8)15(22)18-20(14)5/h10H,6-7H2,1-5H3,(H,18,22)(H,23,24). The van der Waals surface area contributed by atoms with Gasteiger partial charge in [-0.25, -0.2) is 9.78 Å². The number of nitrogens with zero attached hydrogens (tertiary/aromatic N) is 3. The number of carboxylic acid groups (broad SMARTS) is 1. The number of hydrogen-bond acceptors (Lipinski definition) is 4. The van der Waals surface area contributed by atoms with Crippen molar-refractivity contribution in [2.24, 2.45) is 7.05 Å². The number of aryl methyl sites for hydroxylation is 3. The van der Waals surface area contributed by atoms with Crippen molar-refractivity contribution < 1.29 is 14.7 Å². The molecule has 24 heavy (non-hydrogen) atoms. The first-order valence-electron chi connectivity index (χ1n) is 7.68. The molecule has 0 radical (unpaired) electrons. The number of hydrogen-bond donors (Lipinski definition) is 2. The van der Waals surface area contributed by atoms with Gasteiger partial charge in [-0.05, 0) is 38.3 Å². The second-order valence-electron chi connectivity index (χ2n) is 6.02. The molecule has 0 aliphatic rings. The number of carboxylic acids is 1. The zero-order valence-corrected chi connectivity index (χ0v) is 14.5. The molecular weight excluding hydrogens is 312 g/mol. The second kappa shape index (κ2) is 6.46. The van der Waals surface area contributed by atoms with E-state index in [1.807, 2.05) is 13.8 Å². The maximum absolute atomic E-state index is 12.2. The number of fused-ring (bicyclic) bond motifs is 1. The molecule has 2 heterocycles. The first kappa shape index (κ1) is 17.7. The number of nitrogens with one attached hydrogen (secondary N) is 1. The largest absolute Gasteiger partial charge is 0.480 e. The molecule has 2 N–H and O–H groups in total. The van der Waals surface area contributed by atoms with Crippen molar-refractivity contribution in [3.05, 3.63) is 27.2 Å². The van der Waals surface area contributed by atoms with Crippen molar-refractivity contribution >= 4 is 22.9 Å². The molecule has 2 rings (SSSR count). The zero-order chi connectivity index (χ0) is 18.2. The van der Waals surface area contributed by atoms with Gasteiger partial charge in [-0.1, -0.05) is 0 Å². The molecule has 130 valence electrons. The highest BCUT2D eigenvalue weighted by Crippen LogP contribution is 2.21. The SMILES string of the molecule is Cc1nc2c(c(C)c1CCC(=O)N(C)C(C)C(=O)O)c(=O)[nH]n2C. The van der Waals surface area contributed by atoms with Crippen LogP contribution in [-0.4, -0.2) is 49.7 Å². The van der Waals surface area contributed by atoms with Crippen molar-refractivity contribution in [2.45, 2.75) is 39.7 Å². The number of H-pyrrole nitrogens is 1. The molecule has 0 aliphatic heterocycles. The normalized spacial score (nSPS) is 12.4. The van der Waals surface area contributed by atoms with Gasteiger partial charge in [-0.2, -0.15) is 0 Å². The molecule has 0 spiro atoms. The summed E-state index contributed by atoms with van der Waals surface area (Å²) in [6.45, 7) is 5.15. The summed E-state index contributed by atoms with van der Waals surface area (Å²) in [6.07, 6.45) is 0.568. The van der Waals surface area contributed by atoms with Crippen molar-refractivity contribution in [2.75, 3.05) is 7.05 Å². The maximum Gasteiger partial charge on any atom is 0.326 e. The van der Waals surface area contributed by atoms with Gasteiger partial charge in [0.15, 0.2) is 5.65 Å². The molecule has 2 aromatic rings. The van der Waals surface area contributed by atoms with Crippen molar-refractivity contribution in [1.29, 1.82) is 0 Å². The highest BCUT2D eigenvalue weighted by Gasteiger charge is 2.22. The summed E-state index contributed by atoms with van der Waals surface area (Å²) in [5, 5.41) is 12.2. The van der Waals surface area contributed by atoms with Crippen LogP contribution in [0.4, 0.5) is 0 Å². The third-order valence-corrected chi connectivity index (χ3v) is 4.50. The molecule has 0 saturated carbocycles. The molecule has 0 saturated heterocycles. The van der Waals surface area contributed by atoms with Crippen LogP contribution < -0.4 is 5.56 Å². The molecule has 0 bridgehead atoms. The average Bonchev–Trinajstić information content (AvgIpc) is 2.79. The summed E-state index contributed by atoms with van der Waals surface area (Å²) in [6, 6.07) is -0.878. The van der Waals surface area contributed by atoms with E-state index in [0.29, 0.717) is 17.5 Å². The van der Waals surface area contributed by atoms with E-state index in [1.54, 1.807) is 11.7 Å². The van der Waals surface area contributed by atoms with Crippen LogP contribution in [0.25, 0.3) is 11.0 Å². The molecule has 0 fully saturated rings. The van der Waals surface area contributed by atoms with Crippen LogP contribution >= 0.6 is 0 Å². The number of rotatable bonds is 5. The molecular formula is C16H22N4O4. The van der Waals surface area contributed by atoms with Gasteiger partial charge in [0.05, 0.1) is 5.39 Å². The van der Waals surface area contributed by atoms with Crippen LogP contribution in [0.1, 0.15) is 30.2 Å². The van der Waals surface area contributed by atoms with E-state index >= 15 is 0 Å². The van der Waals surface area contributed by atoms with Gasteiger partial charge >= 0.3 is 5.97 Å². The summed E-state index contributed by atoms with van der Waals surface area (Å²) >= 11 is 0. The molecule has 1 atom stereocenters. The van der Waals surface area contributed by atoms with Gasteiger partial charge in [0.2, 0.25) is 5.91 Å². The summed E-state index contributed by atoms with van der Waals surface area (Å²) in [5.41, 5.74) is 2.80. The number of aromatic nitrogens is 3. The number of likely N-dealkylation sites (N-methyl/N-ethyl adjacent to an activating group) is 1. The Bertz CT molecular complexity index is 865. The Hall–Kier alpha value is -2.64. The van der Waals surface area contributed by atoms with Crippen molar-refractivity contribution in [1.82, 2.24) is 19.7 Å². The highest BCUT2D eigenvalue weighted by molar-refractivity contribution is 5.84. The second-order valence-corrected chi connectivity index (χ2v) is 6.02. The Labute approximate surface area is 139 Å². The summed E-state index contributed by atoms with van der Waals surface area (Å²) in [5.74, 6) is -1.30. The smallest absolute Gasteiger partial charge is 0.326 e. The van der Waals surface area contributed by atoms with Gasteiger partial charge in [0, 0.05) is 26.2 Å². The zero-order valence-electron chi connectivity index (χ0n) is 14.5. The Morgan fingerprint density at radius 2 is 2.00 bits per heavy atom. The van der Waals surface area contributed by atoms with Crippen LogP contribution in [0, 0.1) is 13.8 Å². The molecule has 8 nitrogen and oxygen atoms in total. The molecule has 1 amide bonds. The van der Waals surface area contributed by atoms with Crippen LogP contribution in [0.3, 0.4) is 0 Å². The topological polar surface area (TPSA) is 108 Å². The predicted molar refractivity (Wildman–Crippen MR) is 89.0 cm³/mol. The average molecular weight is 334 g/mol. The Morgan fingerprint density at radius 1 is 1.38 bits per heavy atom. The lowest BCUT2D eigenvalue weighted by Crippen LogP contribution is -2.40. The van der Waals surface area contributed by atoms with Crippen molar-refractivity contribution in [3.8, 4) is 0 Å². The van der Waals surface area contributed by atoms with E-state index in [0.717, 1.165) is 16.8 Å². The minimum Gasteiger partial charge on any atom is -0.480 e. The van der Waals surface area contributed by atoms with Gasteiger partial charge in [0.1, 0.15) is 6.04 Å². The fourth-order valence-electron chi connectivity index (χ4n) is 2.81. The Balaban J connectivity index is 2.28. The van der Waals surface area contributed by atoms with Crippen LogP contribution in [-0.2, 0) is 23.1 Å². The fraction of sp³-hybridized carbons (Fsp3) is 0.500. The Kier molecular flexibility index (Phi) is 4.77. The summed E-state index contributed by atoms with van der Waals surface area (Å²) in [4.78, 5) is 40.9. The van der Waals surface area contributed by atoms with Gasteiger partial charge in [0.25, 0.3) is 5.56 Å². The number of pyridine rings is 1. The molecule has 8 heteroatoms. The summed E-state index contributed by atoms with van der Waals surface area (Å²) in [7, 11) is 3.20. The molecule has 0 aromatic carbocycles. The number of amides is 1. The lowest BCUT2D eigenvalue weighted by molar-refractivity contribution is -0.148. The van der Waals surface area contributed by atoms with Gasteiger partial charge in [-0.15, -0.1) is 0 Å². The van der Waals surface area contributed by atoms with Crippen LogP contribution in [0.5, 0.6) is 0 Å². The maximum atomic E-state index is 12.2. The van der Waals surface area contributed by atoms with E-state index < -0.39 is 12.0 Å². The lowest BCUT2D eigenvalue weighted by Gasteiger charge is -2.21. The minimum atomic E-state index is -1.04. The van der Waals surface area contributed by atoms with Crippen LogP contribution in [0.2, 0.25) is 0 Å². The first-order chi connectivity index (χ1) is 11.1. The quantitative estimate of drug-likeness (QED) is 0.838. The summed E-state index contributed by atoms with van der Waals surface area (Å²) < 4.78 is 1.58. The van der Waals surface area contributed by atoms with E-state index in [-0.39, 0.29) is 17.9 Å². The number of carbonyl (C=O) groups is 2. The monoisotopic (exact) mass is 334 g/mol. The molecule has 0 aliphatic carbocycles. The highest BCUT2D eigenvalue weighted by atomic mass is 16.4. The third-order valence-electron chi connectivity index (χ3n) is 4.50. The minimum absolute atomic E-state index is 0.160. The number of aromatic amines is 1. The van der Waals surface area contributed by atoms with Crippen molar-refractivity contribution in [3.63, 3.8) is 0 Å². The third kappa shape index (κ3) is 3.04. The first-order valence-corrected chi connectivity index (χ1v) is 7.68. The fourth-order valence-corrected chi connectivity index (χ4v) is 2.81. The lowest BCUT2D eigenvalue weighted by atomic mass is 10.00.